The summed E-state index contributed by atoms with van der Waals surface area (Å²) < 4.78 is 36.5. The topological polar surface area (TPSA) is 15.3 Å². The fourth-order valence-corrected chi connectivity index (χ4v) is 2.34. The van der Waals surface area contributed by atoms with Crippen molar-refractivity contribution in [1.82, 2.24) is 10.2 Å². The molecule has 0 unspecified atom stereocenters. The van der Waals surface area contributed by atoms with Crippen LogP contribution in [0.15, 0.2) is 29.2 Å². The molecule has 0 aliphatic carbocycles. The summed E-state index contributed by atoms with van der Waals surface area (Å²) in [5.41, 5.74) is -3.17. The molecule has 1 aromatic carbocycles. The second-order valence-electron chi connectivity index (χ2n) is 4.42. The molecule has 0 amide bonds. The van der Waals surface area contributed by atoms with Crippen LogP contribution in [0.4, 0.5) is 13.2 Å². The number of nitrogens with zero attached hydrogens (tertiary/aromatic N) is 1. The van der Waals surface area contributed by atoms with Crippen LogP contribution in [-0.2, 0) is 6.54 Å². The Labute approximate surface area is 109 Å². The van der Waals surface area contributed by atoms with Crippen LogP contribution in [0.1, 0.15) is 5.56 Å². The molecule has 0 saturated carbocycles. The summed E-state index contributed by atoms with van der Waals surface area (Å²) in [7, 11) is 2.03. The minimum atomic E-state index is -4.21. The van der Waals surface area contributed by atoms with E-state index >= 15 is 0 Å². The van der Waals surface area contributed by atoms with Gasteiger partial charge in [0, 0.05) is 30.6 Å². The third kappa shape index (κ3) is 3.90. The lowest BCUT2D eigenvalue weighted by Crippen LogP contribution is -2.55. The van der Waals surface area contributed by atoms with Crippen LogP contribution in [-0.4, -0.2) is 36.6 Å². The van der Waals surface area contributed by atoms with Crippen molar-refractivity contribution in [2.75, 3.05) is 20.1 Å². The van der Waals surface area contributed by atoms with Crippen molar-refractivity contribution < 1.29 is 13.2 Å². The highest BCUT2D eigenvalue weighted by molar-refractivity contribution is 8.00. The Hall–Kier alpha value is -0.720. The van der Waals surface area contributed by atoms with Gasteiger partial charge in [0.2, 0.25) is 0 Å². The first-order chi connectivity index (χ1) is 8.44. The normalized spacial score (nSPS) is 16.9. The molecule has 1 fully saturated rings. The third-order valence-electron chi connectivity index (χ3n) is 2.97. The molecule has 1 aliphatic heterocycles. The number of alkyl halides is 3. The van der Waals surface area contributed by atoms with E-state index in [0.717, 1.165) is 25.2 Å². The Morgan fingerprint density at radius 3 is 2.33 bits per heavy atom. The van der Waals surface area contributed by atoms with Gasteiger partial charge in [0.15, 0.2) is 0 Å². The Morgan fingerprint density at radius 1 is 1.28 bits per heavy atom. The SMILES string of the molecule is CN(Cc1ccc(SC(F)(F)F)cc1)C1CNC1. The number of rotatable bonds is 4. The number of hydrogen-bond donors (Lipinski definition) is 1. The summed E-state index contributed by atoms with van der Waals surface area (Å²) in [6.07, 6.45) is 0. The summed E-state index contributed by atoms with van der Waals surface area (Å²) >= 11 is -0.0733. The van der Waals surface area contributed by atoms with Crippen molar-refractivity contribution in [3.63, 3.8) is 0 Å². The van der Waals surface area contributed by atoms with E-state index in [4.69, 9.17) is 0 Å². The van der Waals surface area contributed by atoms with Crippen LogP contribution in [0.5, 0.6) is 0 Å². The number of halogens is 3. The van der Waals surface area contributed by atoms with E-state index in [2.05, 4.69) is 10.2 Å². The maximum absolute atomic E-state index is 12.2. The number of thioether (sulfide) groups is 1. The lowest BCUT2D eigenvalue weighted by molar-refractivity contribution is -0.0328. The molecule has 6 heteroatoms. The highest BCUT2D eigenvalue weighted by Crippen LogP contribution is 2.36. The molecule has 0 spiro atoms. The van der Waals surface area contributed by atoms with E-state index < -0.39 is 5.51 Å². The van der Waals surface area contributed by atoms with Crippen LogP contribution >= 0.6 is 11.8 Å². The van der Waals surface area contributed by atoms with Crippen molar-refractivity contribution in [3.8, 4) is 0 Å². The van der Waals surface area contributed by atoms with Gasteiger partial charge >= 0.3 is 5.51 Å². The van der Waals surface area contributed by atoms with Crippen LogP contribution < -0.4 is 5.32 Å². The Bertz CT molecular complexity index is 387. The fourth-order valence-electron chi connectivity index (χ4n) is 1.80. The third-order valence-corrected chi connectivity index (χ3v) is 3.71. The lowest BCUT2D eigenvalue weighted by Gasteiger charge is -2.35. The summed E-state index contributed by atoms with van der Waals surface area (Å²) in [4.78, 5) is 2.45. The minimum Gasteiger partial charge on any atom is -0.314 e. The van der Waals surface area contributed by atoms with Gasteiger partial charge in [-0.1, -0.05) is 12.1 Å². The smallest absolute Gasteiger partial charge is 0.314 e. The Morgan fingerprint density at radius 2 is 1.89 bits per heavy atom. The number of benzene rings is 1. The van der Waals surface area contributed by atoms with Crippen molar-refractivity contribution in [2.45, 2.75) is 23.0 Å². The number of nitrogens with one attached hydrogen (secondary N) is 1. The van der Waals surface area contributed by atoms with E-state index in [1.165, 1.54) is 12.1 Å². The van der Waals surface area contributed by atoms with E-state index in [1.807, 2.05) is 7.05 Å². The molecule has 1 heterocycles. The monoisotopic (exact) mass is 276 g/mol. The molecule has 1 aromatic rings. The molecule has 0 atom stereocenters. The standard InChI is InChI=1S/C12H15F3N2S/c1-17(10-6-16-7-10)8-9-2-4-11(5-3-9)18-12(13,14)15/h2-5,10,16H,6-8H2,1H3. The first kappa shape index (κ1) is 13.7. The molecule has 1 N–H and O–H groups in total. The zero-order valence-electron chi connectivity index (χ0n) is 10.00. The molecule has 18 heavy (non-hydrogen) atoms. The van der Waals surface area contributed by atoms with Crippen LogP contribution in [0, 0.1) is 0 Å². The summed E-state index contributed by atoms with van der Waals surface area (Å²) in [5.74, 6) is 0. The van der Waals surface area contributed by atoms with Gasteiger partial charge < -0.3 is 5.32 Å². The van der Waals surface area contributed by atoms with E-state index in [0.29, 0.717) is 6.04 Å². The molecule has 0 bridgehead atoms. The Balaban J connectivity index is 1.90. The van der Waals surface area contributed by atoms with Crippen LogP contribution in [0.3, 0.4) is 0 Å². The average molecular weight is 276 g/mol. The first-order valence-electron chi connectivity index (χ1n) is 5.70. The predicted octanol–water partition coefficient (Wildman–Crippen LogP) is 2.70. The summed E-state index contributed by atoms with van der Waals surface area (Å²) in [5, 5.41) is 3.19. The molecule has 0 radical (unpaired) electrons. The number of likely N-dealkylation sites (N-methyl/N-ethyl adjacent to an activating group) is 1. The largest absolute Gasteiger partial charge is 0.446 e. The van der Waals surface area contributed by atoms with Gasteiger partial charge in [0.05, 0.1) is 0 Å². The maximum atomic E-state index is 12.2. The highest BCUT2D eigenvalue weighted by atomic mass is 32.2. The summed E-state index contributed by atoms with van der Waals surface area (Å²) in [6.45, 7) is 2.74. The fraction of sp³-hybridized carbons (Fsp3) is 0.500. The second-order valence-corrected chi connectivity index (χ2v) is 5.56. The lowest BCUT2D eigenvalue weighted by atomic mass is 10.1. The summed E-state index contributed by atoms with van der Waals surface area (Å²) in [6, 6.07) is 7.11. The van der Waals surface area contributed by atoms with Gasteiger partial charge in [0.1, 0.15) is 0 Å². The van der Waals surface area contributed by atoms with E-state index in [9.17, 15) is 13.2 Å². The number of hydrogen-bond acceptors (Lipinski definition) is 3. The van der Waals surface area contributed by atoms with Crippen LogP contribution in [0.25, 0.3) is 0 Å². The van der Waals surface area contributed by atoms with Gasteiger partial charge in [-0.3, -0.25) is 4.90 Å². The van der Waals surface area contributed by atoms with E-state index in [1.54, 1.807) is 12.1 Å². The minimum absolute atomic E-state index is 0.0733. The molecule has 0 aromatic heterocycles. The molecule has 100 valence electrons. The van der Waals surface area contributed by atoms with Gasteiger partial charge in [0.25, 0.3) is 0 Å². The van der Waals surface area contributed by atoms with Gasteiger partial charge in [-0.2, -0.15) is 13.2 Å². The second kappa shape index (κ2) is 5.50. The molecule has 2 rings (SSSR count). The van der Waals surface area contributed by atoms with Crippen LogP contribution in [0.2, 0.25) is 0 Å². The zero-order chi connectivity index (χ0) is 13.2. The van der Waals surface area contributed by atoms with Gasteiger partial charge in [-0.25, -0.2) is 0 Å². The quantitative estimate of drug-likeness (QED) is 0.851. The molecule has 2 nitrogen and oxygen atoms in total. The van der Waals surface area contributed by atoms with Crippen molar-refractivity contribution in [3.05, 3.63) is 29.8 Å². The van der Waals surface area contributed by atoms with Crippen molar-refractivity contribution in [2.24, 2.45) is 0 Å². The molecular weight excluding hydrogens is 261 g/mol. The van der Waals surface area contributed by atoms with Crippen molar-refractivity contribution >= 4 is 11.8 Å². The molecule has 1 aliphatic rings. The van der Waals surface area contributed by atoms with Gasteiger partial charge in [-0.05, 0) is 36.5 Å². The van der Waals surface area contributed by atoms with Crippen molar-refractivity contribution in [1.29, 1.82) is 0 Å². The van der Waals surface area contributed by atoms with Gasteiger partial charge in [-0.15, -0.1) is 0 Å². The predicted molar refractivity (Wildman–Crippen MR) is 66.5 cm³/mol. The molecular formula is C12H15F3N2S. The average Bonchev–Trinajstić information content (AvgIpc) is 2.16. The highest BCUT2D eigenvalue weighted by Gasteiger charge is 2.29. The van der Waals surface area contributed by atoms with E-state index in [-0.39, 0.29) is 16.7 Å². The maximum Gasteiger partial charge on any atom is 0.446 e. The zero-order valence-corrected chi connectivity index (χ0v) is 10.8. The Kier molecular flexibility index (Phi) is 4.19. The molecule has 1 saturated heterocycles. The first-order valence-corrected chi connectivity index (χ1v) is 6.51.